The van der Waals surface area contributed by atoms with Crippen LogP contribution in [0.4, 0.5) is 15.2 Å². The molecular weight excluding hydrogens is 501 g/mol. The van der Waals surface area contributed by atoms with Crippen LogP contribution in [0.1, 0.15) is 19.9 Å². The number of piperazine rings is 1. The van der Waals surface area contributed by atoms with E-state index < -0.39 is 16.1 Å². The largest absolute Gasteiger partial charge is 0.368 e. The maximum absolute atomic E-state index is 14.1. The zero-order valence-electron chi connectivity index (χ0n) is 19.8. The molecule has 4 aromatic rings. The van der Waals surface area contributed by atoms with Crippen LogP contribution in [0.5, 0.6) is 0 Å². The van der Waals surface area contributed by atoms with Gasteiger partial charge in [0, 0.05) is 54.5 Å². The second-order valence-electron chi connectivity index (χ2n) is 8.83. The predicted octanol–water partition coefficient (Wildman–Crippen LogP) is 4.34. The molecule has 2 aromatic heterocycles. The molecule has 0 radical (unpaired) electrons. The van der Waals surface area contributed by atoms with Crippen LogP contribution in [0.3, 0.4) is 0 Å². The first kappa shape index (κ1) is 24.3. The van der Waals surface area contributed by atoms with Gasteiger partial charge in [0.1, 0.15) is 11.9 Å². The third-order valence-electron chi connectivity index (χ3n) is 6.56. The minimum atomic E-state index is -3.71. The van der Waals surface area contributed by atoms with Crippen molar-refractivity contribution in [1.82, 2.24) is 14.5 Å². The quantitative estimate of drug-likeness (QED) is 0.403. The maximum atomic E-state index is 14.1. The van der Waals surface area contributed by atoms with Crippen molar-refractivity contribution < 1.29 is 17.6 Å². The van der Waals surface area contributed by atoms with Crippen LogP contribution in [0.15, 0.2) is 71.2 Å². The van der Waals surface area contributed by atoms with Gasteiger partial charge < -0.3 is 14.4 Å². The van der Waals surface area contributed by atoms with Gasteiger partial charge in [0.15, 0.2) is 5.13 Å². The Morgan fingerprint density at radius 3 is 2.64 bits per heavy atom. The van der Waals surface area contributed by atoms with Gasteiger partial charge in [0.2, 0.25) is 5.91 Å². The highest BCUT2D eigenvalue weighted by atomic mass is 32.2. The lowest BCUT2D eigenvalue weighted by Gasteiger charge is -2.42. The molecule has 1 amide bonds. The lowest BCUT2D eigenvalue weighted by molar-refractivity contribution is -0.136. The predicted molar refractivity (Wildman–Crippen MR) is 139 cm³/mol. The number of hydrogen-bond acceptors (Lipinski definition) is 6. The molecule has 1 saturated heterocycles. The number of hydrogen-bond donors (Lipinski definition) is 1. The Morgan fingerprint density at radius 2 is 1.94 bits per heavy atom. The van der Waals surface area contributed by atoms with Gasteiger partial charge in [0.25, 0.3) is 10.0 Å². The van der Waals surface area contributed by atoms with Gasteiger partial charge in [-0.2, -0.15) is 0 Å². The van der Waals surface area contributed by atoms with Crippen LogP contribution >= 0.6 is 11.3 Å². The number of sulfonamides is 1. The fraction of sp³-hybridized carbons (Fsp3) is 0.280. The van der Waals surface area contributed by atoms with Gasteiger partial charge in [-0.1, -0.05) is 6.07 Å². The Hall–Kier alpha value is -3.44. The number of aromatic nitrogens is 2. The summed E-state index contributed by atoms with van der Waals surface area (Å²) < 4.78 is 43.6. The molecule has 2 atom stereocenters. The third kappa shape index (κ3) is 4.56. The molecule has 5 rings (SSSR count). The Balaban J connectivity index is 1.26. The summed E-state index contributed by atoms with van der Waals surface area (Å²) in [5.41, 5.74) is 1.59. The van der Waals surface area contributed by atoms with E-state index in [4.69, 9.17) is 0 Å². The molecule has 8 nitrogen and oxygen atoms in total. The van der Waals surface area contributed by atoms with Crippen LogP contribution in [-0.4, -0.2) is 54.5 Å². The van der Waals surface area contributed by atoms with Gasteiger partial charge in [-0.25, -0.2) is 17.8 Å². The minimum Gasteiger partial charge on any atom is -0.368 e. The number of anilines is 2. The molecule has 1 unspecified atom stereocenters. The molecule has 1 aliphatic rings. The van der Waals surface area contributed by atoms with E-state index in [1.54, 1.807) is 54.2 Å². The van der Waals surface area contributed by atoms with Crippen molar-refractivity contribution in [2.24, 2.45) is 0 Å². The molecule has 36 heavy (non-hydrogen) atoms. The molecule has 0 spiro atoms. The van der Waals surface area contributed by atoms with E-state index in [1.807, 2.05) is 29.4 Å². The smallest absolute Gasteiger partial charge is 0.263 e. The summed E-state index contributed by atoms with van der Waals surface area (Å²) in [5, 5.41) is 2.52. The average Bonchev–Trinajstić information content (AvgIpc) is 3.53. The van der Waals surface area contributed by atoms with Crippen LogP contribution in [0, 0.1) is 5.82 Å². The summed E-state index contributed by atoms with van der Waals surface area (Å²) in [5.74, 6) is -0.315. The molecule has 11 heteroatoms. The fourth-order valence-corrected chi connectivity index (χ4v) is 6.44. The molecule has 1 fully saturated rings. The number of fused-ring (bicyclic) bond motifs is 1. The first-order valence-electron chi connectivity index (χ1n) is 11.6. The highest BCUT2D eigenvalue weighted by molar-refractivity contribution is 7.93. The van der Waals surface area contributed by atoms with E-state index in [0.717, 1.165) is 5.69 Å². The normalized spacial score (nSPS) is 17.4. The summed E-state index contributed by atoms with van der Waals surface area (Å²) in [6, 6.07) is 12.8. The number of amides is 1. The number of halogens is 1. The zero-order chi connectivity index (χ0) is 25.4. The summed E-state index contributed by atoms with van der Waals surface area (Å²) in [6.45, 7) is 5.60. The van der Waals surface area contributed by atoms with E-state index in [2.05, 4.69) is 14.6 Å². The highest BCUT2D eigenvalue weighted by Gasteiger charge is 2.31. The van der Waals surface area contributed by atoms with Gasteiger partial charge >= 0.3 is 0 Å². The first-order valence-corrected chi connectivity index (χ1v) is 13.9. The molecule has 1 aliphatic heterocycles. The molecule has 0 saturated carbocycles. The molecule has 188 valence electrons. The summed E-state index contributed by atoms with van der Waals surface area (Å²) in [4.78, 5) is 21.5. The Labute approximate surface area is 213 Å². The number of carbonyl (C=O) groups excluding carboxylic acids is 1. The molecule has 1 N–H and O–H groups in total. The number of nitrogens with zero attached hydrogens (tertiary/aromatic N) is 4. The van der Waals surface area contributed by atoms with E-state index in [9.17, 15) is 17.6 Å². The summed E-state index contributed by atoms with van der Waals surface area (Å²) in [7, 11) is -3.71. The van der Waals surface area contributed by atoms with Crippen molar-refractivity contribution in [3.05, 3.63) is 72.1 Å². The topological polar surface area (TPSA) is 87.5 Å². The third-order valence-corrected chi connectivity index (χ3v) is 8.73. The van der Waals surface area contributed by atoms with Crippen molar-refractivity contribution in [3.63, 3.8) is 0 Å². The second-order valence-corrected chi connectivity index (χ2v) is 11.4. The van der Waals surface area contributed by atoms with Gasteiger partial charge in [0.05, 0.1) is 10.4 Å². The molecule has 0 bridgehead atoms. The monoisotopic (exact) mass is 527 g/mol. The highest BCUT2D eigenvalue weighted by Crippen LogP contribution is 2.27. The van der Waals surface area contributed by atoms with E-state index in [-0.39, 0.29) is 22.7 Å². The molecule has 3 heterocycles. The molecule has 0 aliphatic carbocycles. The van der Waals surface area contributed by atoms with Gasteiger partial charge in [-0.15, -0.1) is 11.3 Å². The number of benzene rings is 2. The Morgan fingerprint density at radius 1 is 1.17 bits per heavy atom. The maximum Gasteiger partial charge on any atom is 0.263 e. The van der Waals surface area contributed by atoms with Crippen LogP contribution in [-0.2, 0) is 14.8 Å². The molecule has 2 aromatic carbocycles. The zero-order valence-corrected chi connectivity index (χ0v) is 21.5. The first-order chi connectivity index (χ1) is 17.2. The van der Waals surface area contributed by atoms with Crippen LogP contribution < -0.4 is 9.62 Å². The number of nitrogens with one attached hydrogen (secondary N) is 1. The van der Waals surface area contributed by atoms with Crippen LogP contribution in [0.2, 0.25) is 0 Å². The van der Waals surface area contributed by atoms with Crippen LogP contribution in [0.25, 0.3) is 10.9 Å². The van der Waals surface area contributed by atoms with Crippen molar-refractivity contribution in [3.8, 4) is 0 Å². The number of rotatable bonds is 6. The van der Waals surface area contributed by atoms with Crippen molar-refractivity contribution >= 4 is 49.0 Å². The summed E-state index contributed by atoms with van der Waals surface area (Å²) in [6.07, 6.45) is 3.30. The number of thiazole rings is 1. The standard InChI is InChI=1S/C25H26FN5O3S2/c1-17-16-29(19-6-8-20(9-7-19)36(33,34)28-25-27-11-15-35-25)13-14-30(17)24(32)18(2)31-12-10-21-22(26)4-3-5-23(21)31/h3-12,15,17-18H,13-14,16H2,1-2H3,(H,27,28)/t17?,18-/m0/s1. The Kier molecular flexibility index (Phi) is 6.44. The van der Waals surface area contributed by atoms with Crippen molar-refractivity contribution in [1.29, 1.82) is 0 Å². The fourth-order valence-electron chi connectivity index (χ4n) is 4.65. The van der Waals surface area contributed by atoms with E-state index in [0.29, 0.717) is 35.7 Å². The SMILES string of the molecule is CC1CN(c2ccc(S(=O)(=O)Nc3nccs3)cc2)CCN1C(=O)[C@H](C)n1ccc2c(F)cccc21. The average molecular weight is 528 g/mol. The van der Waals surface area contributed by atoms with Gasteiger partial charge in [-0.05, 0) is 56.3 Å². The van der Waals surface area contributed by atoms with Gasteiger partial charge in [-0.3, -0.25) is 9.52 Å². The number of carbonyl (C=O) groups is 1. The summed E-state index contributed by atoms with van der Waals surface area (Å²) >= 11 is 1.22. The van der Waals surface area contributed by atoms with Crippen molar-refractivity contribution in [2.45, 2.75) is 30.8 Å². The van der Waals surface area contributed by atoms with E-state index in [1.165, 1.54) is 17.4 Å². The minimum absolute atomic E-state index is 0.0152. The van der Waals surface area contributed by atoms with E-state index >= 15 is 0 Å². The lowest BCUT2D eigenvalue weighted by atomic mass is 10.1. The Bertz CT molecular complexity index is 1490. The molecular formula is C25H26FN5O3S2. The lowest BCUT2D eigenvalue weighted by Crippen LogP contribution is -2.55. The second kappa shape index (κ2) is 9.55. The van der Waals surface area contributed by atoms with Crippen molar-refractivity contribution in [2.75, 3.05) is 29.3 Å².